The van der Waals surface area contributed by atoms with E-state index in [1.807, 2.05) is 19.9 Å². The van der Waals surface area contributed by atoms with Crippen LogP contribution in [0.1, 0.15) is 50.7 Å². The summed E-state index contributed by atoms with van der Waals surface area (Å²) >= 11 is 0. The summed E-state index contributed by atoms with van der Waals surface area (Å²) in [7, 11) is 1.50. The Labute approximate surface area is 128 Å². The van der Waals surface area contributed by atoms with Crippen molar-refractivity contribution in [2.75, 3.05) is 7.05 Å². The van der Waals surface area contributed by atoms with Crippen molar-refractivity contribution in [3.8, 4) is 11.5 Å². The second-order valence-corrected chi connectivity index (χ2v) is 5.38. The van der Waals surface area contributed by atoms with E-state index in [0.29, 0.717) is 17.6 Å². The van der Waals surface area contributed by atoms with Gasteiger partial charge in [0, 0.05) is 11.5 Å². The Kier molecular flexibility index (Phi) is 6.28. The van der Waals surface area contributed by atoms with E-state index in [9.17, 15) is 5.11 Å². The predicted molar refractivity (Wildman–Crippen MR) is 89.0 cm³/mol. The van der Waals surface area contributed by atoms with Crippen LogP contribution in [0.2, 0.25) is 0 Å². The molecule has 1 saturated carbocycles. The van der Waals surface area contributed by atoms with Crippen LogP contribution >= 0.6 is 0 Å². The first-order valence-corrected chi connectivity index (χ1v) is 7.84. The number of fused-ring (bicyclic) bond motifs is 3. The predicted octanol–water partition coefficient (Wildman–Crippen LogP) is 4.13. The molecule has 3 atom stereocenters. The highest BCUT2D eigenvalue weighted by molar-refractivity contribution is 5.56. The molecule has 3 N–H and O–H groups in total. The molecule has 0 radical (unpaired) electrons. The average molecular weight is 291 g/mol. The van der Waals surface area contributed by atoms with Crippen molar-refractivity contribution in [1.29, 1.82) is 0 Å². The lowest BCUT2D eigenvalue weighted by Gasteiger charge is -2.32. The van der Waals surface area contributed by atoms with E-state index in [1.54, 1.807) is 6.07 Å². The molecule has 1 aromatic carbocycles. The molecule has 2 aliphatic rings. The number of hydrogen-bond acceptors (Lipinski definition) is 3. The highest BCUT2D eigenvalue weighted by atomic mass is 16.5. The molecule has 1 aliphatic carbocycles. The molecule has 1 aliphatic heterocycles. The van der Waals surface area contributed by atoms with Crippen LogP contribution in [0.3, 0.4) is 0 Å². The number of aryl methyl sites for hydroxylation is 1. The highest BCUT2D eigenvalue weighted by Crippen LogP contribution is 2.53. The summed E-state index contributed by atoms with van der Waals surface area (Å²) in [6.45, 7) is 12.5. The molecule has 1 fully saturated rings. The summed E-state index contributed by atoms with van der Waals surface area (Å²) in [5, 5.41) is 9.92. The van der Waals surface area contributed by atoms with Gasteiger partial charge in [0.05, 0.1) is 0 Å². The Bertz CT molecular complexity index is 496. The molecule has 0 saturated heterocycles. The monoisotopic (exact) mass is 291 g/mol. The molecule has 0 amide bonds. The Morgan fingerprint density at radius 2 is 1.90 bits per heavy atom. The van der Waals surface area contributed by atoms with Gasteiger partial charge in [0.15, 0.2) is 11.5 Å². The second kappa shape index (κ2) is 7.51. The Balaban J connectivity index is 0.000000510. The molecular formula is C18H29NO2. The first-order chi connectivity index (χ1) is 10.1. The molecule has 1 heterocycles. The van der Waals surface area contributed by atoms with Gasteiger partial charge in [0.2, 0.25) is 0 Å². The van der Waals surface area contributed by atoms with E-state index in [1.165, 1.54) is 23.7 Å². The molecule has 3 nitrogen and oxygen atoms in total. The van der Waals surface area contributed by atoms with Crippen LogP contribution in [0.25, 0.3) is 0 Å². The average Bonchev–Trinajstić information content (AvgIpc) is 2.94. The fraction of sp³-hybridized carbons (Fsp3) is 0.556. The fourth-order valence-electron chi connectivity index (χ4n) is 3.23. The SMILES string of the molecule is C=C1CCC(C)C2c3c(C)ccc(O)c3OC12.CC.CN. The number of nitrogens with two attached hydrogens (primary N) is 1. The summed E-state index contributed by atoms with van der Waals surface area (Å²) < 4.78 is 5.96. The molecule has 21 heavy (non-hydrogen) atoms. The van der Waals surface area contributed by atoms with Gasteiger partial charge < -0.3 is 15.6 Å². The van der Waals surface area contributed by atoms with Gasteiger partial charge in [-0.1, -0.05) is 33.4 Å². The molecule has 118 valence electrons. The number of hydrogen-bond donors (Lipinski definition) is 2. The van der Waals surface area contributed by atoms with Gasteiger partial charge in [-0.2, -0.15) is 0 Å². The van der Waals surface area contributed by atoms with Gasteiger partial charge >= 0.3 is 0 Å². The van der Waals surface area contributed by atoms with Gasteiger partial charge in [-0.25, -0.2) is 0 Å². The quantitative estimate of drug-likeness (QED) is 0.707. The maximum atomic E-state index is 9.92. The zero-order chi connectivity index (χ0) is 16.2. The number of phenols is 1. The topological polar surface area (TPSA) is 55.5 Å². The van der Waals surface area contributed by atoms with Gasteiger partial charge in [-0.3, -0.25) is 0 Å². The molecule has 3 unspecified atom stereocenters. The molecular weight excluding hydrogens is 262 g/mol. The van der Waals surface area contributed by atoms with Crippen LogP contribution in [-0.2, 0) is 0 Å². The van der Waals surface area contributed by atoms with Crippen LogP contribution in [-0.4, -0.2) is 18.3 Å². The van der Waals surface area contributed by atoms with Crippen LogP contribution in [0, 0.1) is 12.8 Å². The van der Waals surface area contributed by atoms with E-state index < -0.39 is 0 Å². The van der Waals surface area contributed by atoms with Crippen molar-refractivity contribution >= 4 is 0 Å². The third-order valence-electron chi connectivity index (χ3n) is 4.23. The standard InChI is InChI=1S/C15H18O2.C2H6.CH5N/c1-8-4-5-10(3)14-12(8)13-9(2)6-7-11(16)15(13)17-14;2*1-2/h6-8,12,14,16H,3-5H2,1-2H3;1-2H3;2H2,1H3. The minimum Gasteiger partial charge on any atom is -0.504 e. The molecule has 1 aromatic rings. The third kappa shape index (κ3) is 3.08. The lowest BCUT2D eigenvalue weighted by atomic mass is 9.73. The minimum atomic E-state index is 0.0701. The summed E-state index contributed by atoms with van der Waals surface area (Å²) in [5.74, 6) is 1.92. The van der Waals surface area contributed by atoms with Crippen LogP contribution in [0.5, 0.6) is 11.5 Å². The maximum absolute atomic E-state index is 9.92. The van der Waals surface area contributed by atoms with Crippen LogP contribution in [0.4, 0.5) is 0 Å². The summed E-state index contributed by atoms with van der Waals surface area (Å²) in [6.07, 6.45) is 2.27. The highest BCUT2D eigenvalue weighted by Gasteiger charge is 2.44. The smallest absolute Gasteiger partial charge is 0.165 e. The largest absolute Gasteiger partial charge is 0.504 e. The second-order valence-electron chi connectivity index (χ2n) is 5.38. The van der Waals surface area contributed by atoms with Crippen LogP contribution in [0.15, 0.2) is 24.3 Å². The molecule has 0 aromatic heterocycles. The summed E-state index contributed by atoms with van der Waals surface area (Å²) in [5.41, 5.74) is 8.08. The van der Waals surface area contributed by atoms with E-state index in [4.69, 9.17) is 4.74 Å². The molecule has 3 rings (SSSR count). The molecule has 0 bridgehead atoms. The number of ether oxygens (including phenoxy) is 1. The van der Waals surface area contributed by atoms with Crippen LogP contribution < -0.4 is 10.5 Å². The maximum Gasteiger partial charge on any atom is 0.165 e. The minimum absolute atomic E-state index is 0.0701. The van der Waals surface area contributed by atoms with Crippen molar-refractivity contribution in [2.45, 2.75) is 52.6 Å². The van der Waals surface area contributed by atoms with Gasteiger partial charge in [-0.15, -0.1) is 0 Å². The summed E-state index contributed by atoms with van der Waals surface area (Å²) in [6, 6.07) is 3.70. The van der Waals surface area contributed by atoms with Crippen molar-refractivity contribution in [3.05, 3.63) is 35.4 Å². The first-order valence-electron chi connectivity index (χ1n) is 7.84. The Hall–Kier alpha value is -1.48. The lowest BCUT2D eigenvalue weighted by molar-refractivity contribution is 0.180. The van der Waals surface area contributed by atoms with E-state index in [0.717, 1.165) is 12.8 Å². The van der Waals surface area contributed by atoms with Crippen molar-refractivity contribution in [3.63, 3.8) is 0 Å². The first kappa shape index (κ1) is 17.6. The normalized spacial score (nSPS) is 25.4. The van der Waals surface area contributed by atoms with Gasteiger partial charge in [0.25, 0.3) is 0 Å². The third-order valence-corrected chi connectivity index (χ3v) is 4.23. The number of benzene rings is 1. The number of aromatic hydroxyl groups is 1. The van der Waals surface area contributed by atoms with Crippen molar-refractivity contribution in [2.24, 2.45) is 11.7 Å². The number of phenolic OH excluding ortho intramolecular Hbond substituents is 1. The van der Waals surface area contributed by atoms with Gasteiger partial charge in [0.1, 0.15) is 6.10 Å². The van der Waals surface area contributed by atoms with E-state index in [2.05, 4.69) is 26.2 Å². The zero-order valence-corrected chi connectivity index (χ0v) is 13.9. The Morgan fingerprint density at radius 3 is 2.52 bits per heavy atom. The van der Waals surface area contributed by atoms with Crippen molar-refractivity contribution in [1.82, 2.24) is 0 Å². The summed E-state index contributed by atoms with van der Waals surface area (Å²) in [4.78, 5) is 0. The molecule has 3 heteroatoms. The Morgan fingerprint density at radius 1 is 1.29 bits per heavy atom. The van der Waals surface area contributed by atoms with E-state index in [-0.39, 0.29) is 11.9 Å². The lowest BCUT2D eigenvalue weighted by Crippen LogP contribution is -2.30. The fourth-order valence-corrected chi connectivity index (χ4v) is 3.23. The van der Waals surface area contributed by atoms with Crippen molar-refractivity contribution < 1.29 is 9.84 Å². The molecule has 0 spiro atoms. The number of rotatable bonds is 0. The van der Waals surface area contributed by atoms with Gasteiger partial charge in [-0.05, 0) is 49.9 Å². The van der Waals surface area contributed by atoms with E-state index >= 15 is 0 Å². The zero-order valence-electron chi connectivity index (χ0n) is 13.9.